The van der Waals surface area contributed by atoms with Gasteiger partial charge in [-0.05, 0) is 23.8 Å². The van der Waals surface area contributed by atoms with Gasteiger partial charge >= 0.3 is 0 Å². The number of nitrogens with two attached hydrogens (primary N) is 1. The molecule has 2 amide bonds. The molecule has 4 nitrogen and oxygen atoms in total. The lowest BCUT2D eigenvalue weighted by Gasteiger charge is -2.18. The molecule has 1 aliphatic heterocycles. The van der Waals surface area contributed by atoms with Crippen molar-refractivity contribution in [3.05, 3.63) is 28.8 Å². The summed E-state index contributed by atoms with van der Waals surface area (Å²) in [6.07, 6.45) is 0.242. The summed E-state index contributed by atoms with van der Waals surface area (Å²) in [5, 5.41) is 0.509. The molecule has 0 atom stereocenters. The van der Waals surface area contributed by atoms with Crippen LogP contribution in [0.4, 0.5) is 5.69 Å². The van der Waals surface area contributed by atoms with E-state index in [1.54, 1.807) is 32.0 Å². The van der Waals surface area contributed by atoms with Gasteiger partial charge in [-0.3, -0.25) is 14.5 Å². The Hall–Kier alpha value is -1.55. The Morgan fingerprint density at radius 1 is 1.39 bits per heavy atom. The monoisotopic (exact) mass is 266 g/mol. The van der Waals surface area contributed by atoms with E-state index in [1.165, 1.54) is 4.90 Å². The number of likely N-dealkylation sites (tertiary alicyclic amines) is 1. The largest absolute Gasteiger partial charge is 0.399 e. The second-order valence-electron chi connectivity index (χ2n) is 5.20. The fraction of sp³-hybridized carbons (Fsp3) is 0.385. The van der Waals surface area contributed by atoms with Gasteiger partial charge in [0.05, 0.1) is 12.0 Å². The van der Waals surface area contributed by atoms with Gasteiger partial charge in [-0.25, -0.2) is 0 Å². The first kappa shape index (κ1) is 12.9. The molecule has 1 saturated heterocycles. The van der Waals surface area contributed by atoms with Crippen LogP contribution < -0.4 is 5.73 Å². The van der Waals surface area contributed by atoms with E-state index in [9.17, 15) is 9.59 Å². The third kappa shape index (κ3) is 2.20. The van der Waals surface area contributed by atoms with Crippen LogP contribution in [0.5, 0.6) is 0 Å². The van der Waals surface area contributed by atoms with E-state index >= 15 is 0 Å². The molecule has 1 heterocycles. The van der Waals surface area contributed by atoms with E-state index in [0.717, 1.165) is 0 Å². The molecule has 5 heteroatoms. The summed E-state index contributed by atoms with van der Waals surface area (Å²) in [4.78, 5) is 25.2. The zero-order valence-electron chi connectivity index (χ0n) is 10.4. The molecule has 1 aliphatic rings. The first-order valence-electron chi connectivity index (χ1n) is 5.70. The minimum atomic E-state index is -0.621. The zero-order valence-corrected chi connectivity index (χ0v) is 11.1. The summed E-state index contributed by atoms with van der Waals surface area (Å²) in [6.45, 7) is 3.73. The van der Waals surface area contributed by atoms with Gasteiger partial charge in [0.25, 0.3) is 0 Å². The number of halogens is 1. The SMILES string of the molecule is CC1(C)CC(=O)N(Cc2cc(N)ccc2Cl)C1=O. The Bertz CT molecular complexity index is 526. The van der Waals surface area contributed by atoms with Crippen molar-refractivity contribution >= 4 is 29.1 Å². The lowest BCUT2D eigenvalue weighted by Crippen LogP contribution is -2.32. The van der Waals surface area contributed by atoms with Crippen LogP contribution in [0.3, 0.4) is 0 Å². The van der Waals surface area contributed by atoms with Crippen LogP contribution >= 0.6 is 11.6 Å². The third-order valence-electron chi connectivity index (χ3n) is 3.12. The van der Waals surface area contributed by atoms with Gasteiger partial charge in [-0.2, -0.15) is 0 Å². The molecule has 0 saturated carbocycles. The number of nitrogen functional groups attached to an aromatic ring is 1. The second kappa shape index (κ2) is 4.28. The van der Waals surface area contributed by atoms with E-state index in [2.05, 4.69) is 0 Å². The summed E-state index contributed by atoms with van der Waals surface area (Å²) in [5.74, 6) is -0.325. The number of hydrogen-bond donors (Lipinski definition) is 1. The van der Waals surface area contributed by atoms with Crippen molar-refractivity contribution < 1.29 is 9.59 Å². The van der Waals surface area contributed by atoms with Crippen molar-refractivity contribution in [3.8, 4) is 0 Å². The van der Waals surface area contributed by atoms with E-state index < -0.39 is 5.41 Å². The summed E-state index contributed by atoms with van der Waals surface area (Å²) in [7, 11) is 0. The Kier molecular flexibility index (Phi) is 3.07. The number of benzene rings is 1. The minimum Gasteiger partial charge on any atom is -0.399 e. The van der Waals surface area contributed by atoms with E-state index in [-0.39, 0.29) is 24.8 Å². The first-order chi connectivity index (χ1) is 8.31. The Morgan fingerprint density at radius 2 is 2.06 bits per heavy atom. The molecule has 1 aromatic rings. The predicted octanol–water partition coefficient (Wildman–Crippen LogP) is 2.21. The molecular formula is C13H15ClN2O2. The van der Waals surface area contributed by atoms with Gasteiger partial charge in [-0.15, -0.1) is 0 Å². The summed E-state index contributed by atoms with van der Waals surface area (Å²) in [5.41, 5.74) is 6.31. The minimum absolute atomic E-state index is 0.161. The number of carbonyl (C=O) groups is 2. The summed E-state index contributed by atoms with van der Waals surface area (Å²) < 4.78 is 0. The Labute approximate surface area is 111 Å². The van der Waals surface area contributed by atoms with Gasteiger partial charge in [0.2, 0.25) is 11.8 Å². The maximum Gasteiger partial charge on any atom is 0.235 e. The normalized spacial score (nSPS) is 18.5. The fourth-order valence-electron chi connectivity index (χ4n) is 2.07. The van der Waals surface area contributed by atoms with Crippen molar-refractivity contribution in [1.29, 1.82) is 0 Å². The average molecular weight is 267 g/mol. The summed E-state index contributed by atoms with van der Waals surface area (Å²) in [6, 6.07) is 5.04. The maximum absolute atomic E-state index is 12.1. The Morgan fingerprint density at radius 3 is 2.61 bits per heavy atom. The van der Waals surface area contributed by atoms with Crippen LogP contribution in [0.2, 0.25) is 5.02 Å². The molecule has 0 radical (unpaired) electrons. The molecular weight excluding hydrogens is 252 g/mol. The molecule has 0 bridgehead atoms. The van der Waals surface area contributed by atoms with Crippen molar-refractivity contribution in [2.24, 2.45) is 5.41 Å². The number of nitrogens with zero attached hydrogens (tertiary/aromatic N) is 1. The van der Waals surface area contributed by atoms with Crippen LogP contribution in [-0.4, -0.2) is 16.7 Å². The molecule has 0 aromatic heterocycles. The van der Waals surface area contributed by atoms with Crippen LogP contribution in [0.1, 0.15) is 25.8 Å². The number of carbonyl (C=O) groups excluding carboxylic acids is 2. The number of imide groups is 1. The quantitative estimate of drug-likeness (QED) is 0.659. The third-order valence-corrected chi connectivity index (χ3v) is 3.49. The smallest absolute Gasteiger partial charge is 0.235 e. The van der Waals surface area contributed by atoms with Gasteiger partial charge in [0.1, 0.15) is 0 Å². The molecule has 2 N–H and O–H groups in total. The number of rotatable bonds is 2. The predicted molar refractivity (Wildman–Crippen MR) is 69.8 cm³/mol. The molecule has 0 aliphatic carbocycles. The standard InChI is InChI=1S/C13H15ClN2O2/c1-13(2)6-11(17)16(12(13)18)7-8-5-9(15)3-4-10(8)14/h3-5H,6-7,15H2,1-2H3. The van der Waals surface area contributed by atoms with Gasteiger partial charge in [0, 0.05) is 17.1 Å². The molecule has 1 fully saturated rings. The maximum atomic E-state index is 12.1. The number of amides is 2. The highest BCUT2D eigenvalue weighted by atomic mass is 35.5. The lowest BCUT2D eigenvalue weighted by atomic mass is 9.92. The molecule has 96 valence electrons. The van der Waals surface area contributed by atoms with Gasteiger partial charge < -0.3 is 5.73 Å². The lowest BCUT2D eigenvalue weighted by molar-refractivity contribution is -0.141. The van der Waals surface area contributed by atoms with Crippen molar-refractivity contribution in [1.82, 2.24) is 4.90 Å². The van der Waals surface area contributed by atoms with Crippen molar-refractivity contribution in [2.75, 3.05) is 5.73 Å². The topological polar surface area (TPSA) is 63.4 Å². The summed E-state index contributed by atoms with van der Waals surface area (Å²) >= 11 is 6.04. The van der Waals surface area contributed by atoms with Crippen molar-refractivity contribution in [3.63, 3.8) is 0 Å². The van der Waals surface area contributed by atoms with Crippen LogP contribution in [0.15, 0.2) is 18.2 Å². The van der Waals surface area contributed by atoms with Crippen LogP contribution in [-0.2, 0) is 16.1 Å². The first-order valence-corrected chi connectivity index (χ1v) is 6.08. The molecule has 1 aromatic carbocycles. The Balaban J connectivity index is 2.27. The molecule has 0 spiro atoms. The van der Waals surface area contributed by atoms with E-state index in [4.69, 9.17) is 17.3 Å². The number of hydrogen-bond acceptors (Lipinski definition) is 3. The fourth-order valence-corrected chi connectivity index (χ4v) is 2.25. The van der Waals surface area contributed by atoms with Crippen molar-refractivity contribution in [2.45, 2.75) is 26.8 Å². The van der Waals surface area contributed by atoms with E-state index in [0.29, 0.717) is 16.3 Å². The molecule has 2 rings (SSSR count). The molecule has 18 heavy (non-hydrogen) atoms. The number of anilines is 1. The van der Waals surface area contributed by atoms with E-state index in [1.807, 2.05) is 0 Å². The van der Waals surface area contributed by atoms with Crippen LogP contribution in [0, 0.1) is 5.41 Å². The van der Waals surface area contributed by atoms with Gasteiger partial charge in [0.15, 0.2) is 0 Å². The molecule has 0 unspecified atom stereocenters. The van der Waals surface area contributed by atoms with Crippen LogP contribution in [0.25, 0.3) is 0 Å². The highest BCUT2D eigenvalue weighted by Crippen LogP contribution is 2.33. The van der Waals surface area contributed by atoms with Gasteiger partial charge in [-0.1, -0.05) is 25.4 Å². The highest BCUT2D eigenvalue weighted by Gasteiger charge is 2.44. The zero-order chi connectivity index (χ0) is 13.5. The second-order valence-corrected chi connectivity index (χ2v) is 5.60. The average Bonchev–Trinajstić information content (AvgIpc) is 2.46. The highest BCUT2D eigenvalue weighted by molar-refractivity contribution is 6.31.